The molecule has 0 rings (SSSR count). The predicted molar refractivity (Wildman–Crippen MR) is 136 cm³/mol. The van der Waals surface area contributed by atoms with Crippen LogP contribution in [0.25, 0.3) is 0 Å². The van der Waals surface area contributed by atoms with Gasteiger partial charge >= 0.3 is 12.0 Å². The molecule has 0 aliphatic heterocycles. The molecule has 0 atom stereocenters. The average molecular weight is 660 g/mol. The average Bonchev–Trinajstić information content (AvgIpc) is 2.03. The quantitative estimate of drug-likeness (QED) is 0.180. The zero-order valence-electron chi connectivity index (χ0n) is 13.0. The van der Waals surface area contributed by atoms with E-state index < -0.39 is 32.8 Å². The van der Waals surface area contributed by atoms with Crippen LogP contribution in [0.4, 0.5) is 0 Å². The van der Waals surface area contributed by atoms with E-state index in [0.717, 1.165) is 11.3 Å². The topological polar surface area (TPSA) is 0 Å². The van der Waals surface area contributed by atoms with Crippen molar-refractivity contribution in [3.63, 3.8) is 0 Å². The highest BCUT2D eigenvalue weighted by molar-refractivity contribution is 7.67. The van der Waals surface area contributed by atoms with Gasteiger partial charge < -0.3 is 0 Å². The van der Waals surface area contributed by atoms with Crippen LogP contribution in [-0.2, 0) is 0 Å². The Hall–Kier alpha value is 4.49. The first kappa shape index (κ1) is 30.7. The second kappa shape index (κ2) is 12.4. The van der Waals surface area contributed by atoms with Gasteiger partial charge in [0.15, 0.2) is 7.38 Å². The lowest BCUT2D eigenvalue weighted by atomic mass is 11.8. The fraction of sp³-hybridized carbons (Fsp3) is 1.00. The summed E-state index contributed by atoms with van der Waals surface area (Å²) in [7, 11) is -1.44. The predicted octanol–water partition coefficient (Wildman–Crippen LogP) is 8.89. The van der Waals surface area contributed by atoms with Crippen LogP contribution in [0, 0.1) is 0 Å². The van der Waals surface area contributed by atoms with E-state index in [-0.39, 0.29) is 0 Å². The molecule has 0 aromatic rings. The van der Waals surface area contributed by atoms with E-state index in [4.69, 9.17) is 122 Å². The van der Waals surface area contributed by atoms with Crippen molar-refractivity contribution in [2.75, 3.05) is 0 Å². The van der Waals surface area contributed by atoms with Gasteiger partial charge in [-0.3, -0.25) is 0 Å². The lowest BCUT2D eigenvalue weighted by Crippen LogP contribution is -2.38. The van der Waals surface area contributed by atoms with Crippen LogP contribution in [0.5, 0.6) is 0 Å². The first-order chi connectivity index (χ1) is 10.1. The van der Waals surface area contributed by atoms with Gasteiger partial charge in [0.25, 0.3) is 0 Å². The highest BCUT2D eigenvalue weighted by Gasteiger charge is 2.41. The maximum Gasteiger partial charge on any atom is 0.338 e. The standard InChI is InChI=1S/C5H13Cl5Si3.C2H4Cl6Si3/c1-11(6,4-12(2,7)8)5-13(3,9)10;3-10(4,5)1-9-2-11(6,7)8/h4-5H2,1-3H3;1-2H2. The molecule has 0 aromatic carbocycles. The third-order valence-corrected chi connectivity index (χ3v) is 32.5. The monoisotopic (exact) mass is 654 g/mol. The molecule has 0 saturated carbocycles. The molecule has 0 aliphatic carbocycles. The highest BCUT2D eigenvalue weighted by Crippen LogP contribution is 2.36. The minimum atomic E-state index is -2.48. The molecule has 17 heteroatoms. The highest BCUT2D eigenvalue weighted by atomic mass is 35.8. The number of hydrogen-bond acceptors (Lipinski definition) is 0. The van der Waals surface area contributed by atoms with E-state index in [1.165, 1.54) is 0 Å². The molecule has 0 saturated heterocycles. The molecule has 0 bridgehead atoms. The van der Waals surface area contributed by atoms with Gasteiger partial charge in [-0.2, -0.15) is 11.1 Å². The fourth-order valence-corrected chi connectivity index (χ4v) is 40.6. The zero-order valence-corrected chi connectivity index (χ0v) is 27.3. The smallest absolute Gasteiger partial charge is 0.168 e. The Morgan fingerprint density at radius 3 is 0.958 bits per heavy atom. The van der Waals surface area contributed by atoms with Crippen molar-refractivity contribution in [1.29, 1.82) is 0 Å². The van der Waals surface area contributed by atoms with Crippen molar-refractivity contribution in [2.24, 2.45) is 0 Å². The maximum absolute atomic E-state index is 6.38. The molecule has 0 spiro atoms. The summed E-state index contributed by atoms with van der Waals surface area (Å²) in [4.78, 5) is 0. The molecule has 0 aromatic heterocycles. The maximum atomic E-state index is 6.38. The molecule has 0 amide bonds. The summed E-state index contributed by atoms with van der Waals surface area (Å²) in [5.41, 5.74) is 2.68. The fourth-order valence-electron chi connectivity index (χ4n) is 1.70. The third-order valence-electron chi connectivity index (χ3n) is 2.01. The van der Waals surface area contributed by atoms with E-state index >= 15 is 0 Å². The number of rotatable bonds is 8. The van der Waals surface area contributed by atoms with Crippen LogP contribution in [0.3, 0.4) is 0 Å². The summed E-state index contributed by atoms with van der Waals surface area (Å²) in [5.74, 6) is 0. The van der Waals surface area contributed by atoms with Gasteiger partial charge in [0.05, 0.1) is 0 Å². The molecule has 2 radical (unpaired) electrons. The molecule has 0 N–H and O–H groups in total. The Labute approximate surface area is 204 Å². The SMILES string of the molecule is C[Si](Cl)(Cl)C[Si](C)(Cl)C[Si](C)(Cl)Cl.Cl[Si](Cl)(Cl)C[Si]C[Si](Cl)(Cl)Cl. The van der Waals surface area contributed by atoms with Crippen molar-refractivity contribution in [1.82, 2.24) is 0 Å². The van der Waals surface area contributed by atoms with E-state index in [1.54, 1.807) is 0 Å². The van der Waals surface area contributed by atoms with Crippen LogP contribution in [-0.4, -0.2) is 42.3 Å². The normalized spacial score (nSPS) is 14.2. The second-order valence-corrected chi connectivity index (χ2v) is 50.5. The van der Waals surface area contributed by atoms with Crippen LogP contribution in [0.1, 0.15) is 0 Å². The van der Waals surface area contributed by atoms with Gasteiger partial charge in [-0.1, -0.05) is 6.55 Å². The van der Waals surface area contributed by atoms with Gasteiger partial charge in [-0.05, 0) is 35.8 Å². The van der Waals surface area contributed by atoms with E-state index in [2.05, 4.69) is 0 Å². The third kappa shape index (κ3) is 28.7. The molecule has 0 unspecified atom stereocenters. The number of hydrogen-bond donors (Lipinski definition) is 0. The molecular formula is C7H17Cl11Si6. The summed E-state index contributed by atoms with van der Waals surface area (Å²) in [6, 6.07) is -4.96. The Morgan fingerprint density at radius 1 is 0.542 bits per heavy atom. The molecule has 146 valence electrons. The molecule has 24 heavy (non-hydrogen) atoms. The van der Waals surface area contributed by atoms with Crippen LogP contribution in [0.2, 0.25) is 42.3 Å². The summed E-state index contributed by atoms with van der Waals surface area (Å²) < 4.78 is 0. The first-order valence-electron chi connectivity index (χ1n) is 6.41. The van der Waals surface area contributed by atoms with E-state index in [1.807, 2.05) is 19.6 Å². The largest absolute Gasteiger partial charge is 0.338 e. The van der Waals surface area contributed by atoms with Crippen molar-refractivity contribution in [2.45, 2.75) is 42.3 Å². The van der Waals surface area contributed by atoms with Crippen LogP contribution in [0.15, 0.2) is 0 Å². The Bertz CT molecular complexity index is 322. The van der Waals surface area contributed by atoms with Gasteiger partial charge in [-0.25, -0.2) is 0 Å². The first-order valence-corrected chi connectivity index (χ1v) is 31.7. The second-order valence-electron chi connectivity index (χ2n) is 5.74. The summed E-state index contributed by atoms with van der Waals surface area (Å²) >= 11 is 64.2. The van der Waals surface area contributed by atoms with Crippen molar-refractivity contribution < 1.29 is 0 Å². The van der Waals surface area contributed by atoms with Crippen molar-refractivity contribution in [3.05, 3.63) is 0 Å². The van der Waals surface area contributed by atoms with Gasteiger partial charge in [0.1, 0.15) is 0 Å². The zero-order chi connectivity index (χ0) is 20.0. The lowest BCUT2D eigenvalue weighted by molar-refractivity contribution is 1.64. The molecule has 0 fully saturated rings. The Kier molecular flexibility index (Phi) is 15.8. The molecule has 0 heterocycles. The minimum Gasteiger partial charge on any atom is -0.168 e. The van der Waals surface area contributed by atoms with E-state index in [0.29, 0.717) is 20.9 Å². The van der Waals surface area contributed by atoms with Crippen molar-refractivity contribution >= 4 is 164 Å². The molecular weight excluding hydrogens is 643 g/mol. The van der Waals surface area contributed by atoms with Crippen LogP contribution < -0.4 is 0 Å². The summed E-state index contributed by atoms with van der Waals surface area (Å²) in [6.07, 6.45) is 0. The Morgan fingerprint density at radius 2 is 0.792 bits per heavy atom. The van der Waals surface area contributed by atoms with Crippen molar-refractivity contribution in [3.8, 4) is 0 Å². The van der Waals surface area contributed by atoms with E-state index in [9.17, 15) is 0 Å². The molecule has 0 nitrogen and oxygen atoms in total. The lowest BCUT2D eigenvalue weighted by Gasteiger charge is -2.26. The van der Waals surface area contributed by atoms with Gasteiger partial charge in [0, 0.05) is 9.52 Å². The molecule has 0 aliphatic rings. The summed E-state index contributed by atoms with van der Waals surface area (Å²) in [6.45, 7) is 1.56. The van der Waals surface area contributed by atoms with Gasteiger partial charge in [0.2, 0.25) is 13.4 Å². The Balaban J connectivity index is 0. The number of halogens is 11. The minimum absolute atomic E-state index is 0.467. The van der Waals surface area contributed by atoms with Gasteiger partial charge in [-0.15, -0.1) is 111 Å². The summed E-state index contributed by atoms with van der Waals surface area (Å²) in [5, 5.41) is 0. The van der Waals surface area contributed by atoms with Crippen LogP contribution >= 0.6 is 122 Å².